The Hall–Kier alpha value is -0.180. The van der Waals surface area contributed by atoms with Crippen molar-refractivity contribution in [1.82, 2.24) is 0 Å². The molecule has 0 radical (unpaired) electrons. The van der Waals surface area contributed by atoms with Crippen molar-refractivity contribution >= 4 is 17.7 Å². The monoisotopic (exact) mass is 200 g/mol. The average Bonchev–Trinajstić information content (AvgIpc) is 2.53. The second kappa shape index (κ2) is 3.91. The predicted octanol–water partition coefficient (Wildman–Crippen LogP) is 2.08. The molecule has 0 bridgehead atoms. The quantitative estimate of drug-likeness (QED) is 0.638. The highest BCUT2D eigenvalue weighted by Gasteiger charge is 2.32. The molecule has 2 aliphatic rings. The van der Waals surface area contributed by atoms with Gasteiger partial charge in [-0.15, -0.1) is 0 Å². The average molecular weight is 200 g/mol. The topological polar surface area (TPSA) is 26.3 Å². The molecule has 3 heteroatoms. The maximum Gasteiger partial charge on any atom is 0.310 e. The van der Waals surface area contributed by atoms with Crippen molar-refractivity contribution < 1.29 is 9.53 Å². The van der Waals surface area contributed by atoms with Crippen LogP contribution in [0.25, 0.3) is 0 Å². The first kappa shape index (κ1) is 9.38. The van der Waals surface area contributed by atoms with Crippen molar-refractivity contribution in [2.75, 3.05) is 11.5 Å². The molecule has 1 aliphatic heterocycles. The molecule has 1 atom stereocenters. The van der Waals surface area contributed by atoms with Gasteiger partial charge in [-0.25, -0.2) is 0 Å². The van der Waals surface area contributed by atoms with Gasteiger partial charge in [-0.1, -0.05) is 6.92 Å². The summed E-state index contributed by atoms with van der Waals surface area (Å²) in [6.45, 7) is 2.20. The van der Waals surface area contributed by atoms with Gasteiger partial charge in [0, 0.05) is 5.75 Å². The van der Waals surface area contributed by atoms with Gasteiger partial charge in [-0.05, 0) is 30.9 Å². The zero-order chi connectivity index (χ0) is 9.26. The SMILES string of the molecule is CC1CC(OC(=O)C2CCSC2)C1. The first-order valence-electron chi connectivity index (χ1n) is 5.04. The number of carbonyl (C=O) groups is 1. The minimum absolute atomic E-state index is 0.0573. The molecule has 0 spiro atoms. The highest BCUT2D eigenvalue weighted by atomic mass is 32.2. The van der Waals surface area contributed by atoms with E-state index in [1.807, 2.05) is 11.8 Å². The van der Waals surface area contributed by atoms with E-state index in [9.17, 15) is 4.79 Å². The molecule has 0 aromatic rings. The van der Waals surface area contributed by atoms with Crippen LogP contribution in [-0.2, 0) is 9.53 Å². The van der Waals surface area contributed by atoms with Crippen molar-refractivity contribution in [1.29, 1.82) is 0 Å². The van der Waals surface area contributed by atoms with E-state index < -0.39 is 0 Å². The minimum atomic E-state index is 0.0573. The normalized spacial score (nSPS) is 38.4. The minimum Gasteiger partial charge on any atom is -0.462 e. The molecule has 0 aromatic heterocycles. The molecule has 0 aromatic carbocycles. The lowest BCUT2D eigenvalue weighted by molar-refractivity contribution is -0.159. The molecule has 2 fully saturated rings. The molecular formula is C10H16O2S. The van der Waals surface area contributed by atoms with Gasteiger partial charge < -0.3 is 4.74 Å². The molecule has 74 valence electrons. The van der Waals surface area contributed by atoms with E-state index in [1.54, 1.807) is 0 Å². The van der Waals surface area contributed by atoms with E-state index in [-0.39, 0.29) is 18.0 Å². The van der Waals surface area contributed by atoms with E-state index in [4.69, 9.17) is 4.74 Å². The van der Waals surface area contributed by atoms with E-state index in [0.29, 0.717) is 0 Å². The Morgan fingerprint density at radius 2 is 2.23 bits per heavy atom. The van der Waals surface area contributed by atoms with E-state index >= 15 is 0 Å². The van der Waals surface area contributed by atoms with Gasteiger partial charge in [0.2, 0.25) is 0 Å². The second-order valence-electron chi connectivity index (χ2n) is 4.20. The van der Waals surface area contributed by atoms with Gasteiger partial charge in [0.1, 0.15) is 6.10 Å². The highest BCUT2D eigenvalue weighted by molar-refractivity contribution is 7.99. The molecule has 1 saturated carbocycles. The number of hydrogen-bond acceptors (Lipinski definition) is 3. The Labute approximate surface area is 83.4 Å². The van der Waals surface area contributed by atoms with Gasteiger partial charge in [-0.3, -0.25) is 4.79 Å². The Morgan fingerprint density at radius 1 is 1.46 bits per heavy atom. The van der Waals surface area contributed by atoms with Gasteiger partial charge in [0.15, 0.2) is 0 Å². The van der Waals surface area contributed by atoms with Crippen molar-refractivity contribution in [2.24, 2.45) is 11.8 Å². The molecule has 2 rings (SSSR count). The lowest BCUT2D eigenvalue weighted by Gasteiger charge is -2.32. The third kappa shape index (κ3) is 2.19. The first-order chi connectivity index (χ1) is 6.25. The van der Waals surface area contributed by atoms with Crippen LogP contribution in [0.4, 0.5) is 0 Å². The first-order valence-corrected chi connectivity index (χ1v) is 6.19. The van der Waals surface area contributed by atoms with E-state index in [1.165, 1.54) is 0 Å². The highest BCUT2D eigenvalue weighted by Crippen LogP contribution is 2.31. The zero-order valence-corrected chi connectivity index (χ0v) is 8.81. The summed E-state index contributed by atoms with van der Waals surface area (Å²) in [5.74, 6) is 3.11. The number of thioether (sulfide) groups is 1. The van der Waals surface area contributed by atoms with Crippen LogP contribution >= 0.6 is 11.8 Å². The molecule has 0 N–H and O–H groups in total. The van der Waals surface area contributed by atoms with Crippen LogP contribution < -0.4 is 0 Å². The molecule has 1 saturated heterocycles. The number of esters is 1. The Morgan fingerprint density at radius 3 is 2.77 bits per heavy atom. The fraction of sp³-hybridized carbons (Fsp3) is 0.900. The molecule has 1 aliphatic carbocycles. The Balaban J connectivity index is 1.72. The molecule has 0 amide bonds. The molecule has 2 nitrogen and oxygen atoms in total. The molecule has 1 unspecified atom stereocenters. The number of ether oxygens (including phenoxy) is 1. The van der Waals surface area contributed by atoms with Crippen molar-refractivity contribution in [3.63, 3.8) is 0 Å². The Kier molecular flexibility index (Phi) is 2.82. The van der Waals surface area contributed by atoms with Crippen LogP contribution in [0.5, 0.6) is 0 Å². The van der Waals surface area contributed by atoms with Gasteiger partial charge >= 0.3 is 5.97 Å². The lowest BCUT2D eigenvalue weighted by atomic mass is 9.84. The fourth-order valence-corrected chi connectivity index (χ4v) is 3.11. The standard InChI is InChI=1S/C10H16O2S/c1-7-4-9(5-7)12-10(11)8-2-3-13-6-8/h7-9H,2-6H2,1H3. The molecule has 13 heavy (non-hydrogen) atoms. The number of hydrogen-bond donors (Lipinski definition) is 0. The fourth-order valence-electron chi connectivity index (χ4n) is 1.91. The van der Waals surface area contributed by atoms with Gasteiger partial charge in [0.05, 0.1) is 5.92 Å². The van der Waals surface area contributed by atoms with Gasteiger partial charge in [0.25, 0.3) is 0 Å². The summed E-state index contributed by atoms with van der Waals surface area (Å²) in [4.78, 5) is 11.5. The predicted molar refractivity (Wildman–Crippen MR) is 53.7 cm³/mol. The summed E-state index contributed by atoms with van der Waals surface area (Å²) >= 11 is 1.86. The van der Waals surface area contributed by atoms with Crippen LogP contribution in [0.1, 0.15) is 26.2 Å². The zero-order valence-electron chi connectivity index (χ0n) is 7.99. The van der Waals surface area contributed by atoms with Crippen LogP contribution in [-0.4, -0.2) is 23.6 Å². The lowest BCUT2D eigenvalue weighted by Crippen LogP contribution is -2.33. The van der Waals surface area contributed by atoms with Crippen LogP contribution in [0.3, 0.4) is 0 Å². The third-order valence-electron chi connectivity index (χ3n) is 2.88. The van der Waals surface area contributed by atoms with Crippen molar-refractivity contribution in [2.45, 2.75) is 32.3 Å². The summed E-state index contributed by atoms with van der Waals surface area (Å²) < 4.78 is 5.39. The number of carbonyl (C=O) groups excluding carboxylic acids is 1. The molecule has 1 heterocycles. The smallest absolute Gasteiger partial charge is 0.310 e. The van der Waals surface area contributed by atoms with Crippen LogP contribution in [0.15, 0.2) is 0 Å². The van der Waals surface area contributed by atoms with Gasteiger partial charge in [-0.2, -0.15) is 11.8 Å². The Bertz CT molecular complexity index is 193. The van der Waals surface area contributed by atoms with Crippen LogP contribution in [0, 0.1) is 11.8 Å². The van der Waals surface area contributed by atoms with Crippen LogP contribution in [0.2, 0.25) is 0 Å². The number of rotatable bonds is 2. The van der Waals surface area contributed by atoms with E-state index in [2.05, 4.69) is 6.92 Å². The molecular weight excluding hydrogens is 184 g/mol. The largest absolute Gasteiger partial charge is 0.462 e. The maximum atomic E-state index is 11.5. The summed E-state index contributed by atoms with van der Waals surface area (Å²) in [6.07, 6.45) is 3.41. The summed E-state index contributed by atoms with van der Waals surface area (Å²) in [6, 6.07) is 0. The van der Waals surface area contributed by atoms with Crippen molar-refractivity contribution in [3.8, 4) is 0 Å². The summed E-state index contributed by atoms with van der Waals surface area (Å²) in [5, 5.41) is 0. The second-order valence-corrected chi connectivity index (χ2v) is 5.35. The maximum absolute atomic E-state index is 11.5. The van der Waals surface area contributed by atoms with Crippen molar-refractivity contribution in [3.05, 3.63) is 0 Å². The van der Waals surface area contributed by atoms with E-state index in [0.717, 1.165) is 36.7 Å². The third-order valence-corrected chi connectivity index (χ3v) is 4.04. The summed E-state index contributed by atoms with van der Waals surface area (Å²) in [7, 11) is 0. The summed E-state index contributed by atoms with van der Waals surface area (Å²) in [5.41, 5.74) is 0.